The number of nitrogens with zero attached hydrogens (tertiary/aromatic N) is 1. The molecule has 2 N–H and O–H groups in total. The molecule has 7 nitrogen and oxygen atoms in total. The highest BCUT2D eigenvalue weighted by Crippen LogP contribution is 2.46. The van der Waals surface area contributed by atoms with Crippen LogP contribution in [0.4, 0.5) is 0 Å². The summed E-state index contributed by atoms with van der Waals surface area (Å²) in [6.45, 7) is -0.0507. The summed E-state index contributed by atoms with van der Waals surface area (Å²) in [6.07, 6.45) is 5.12. The normalized spacial score (nSPS) is 19.2. The maximum Gasteiger partial charge on any atom is 0.258 e. The van der Waals surface area contributed by atoms with Crippen LogP contribution in [-0.4, -0.2) is 28.1 Å². The number of benzene rings is 2. The fraction of sp³-hybridized carbons (Fsp3) is 0.375. The first-order chi connectivity index (χ1) is 15.1. The predicted molar refractivity (Wildman–Crippen MR) is 116 cm³/mol. The molecule has 5 rings (SSSR count). The summed E-state index contributed by atoms with van der Waals surface area (Å²) in [7, 11) is 0. The van der Waals surface area contributed by atoms with Crippen molar-refractivity contribution in [2.45, 2.75) is 50.4 Å². The molecule has 2 aliphatic rings. The SMILES string of the molecule is O=C(COCc1nc2ccccc2c(=O)[nH]1)N[C@@H]1CC2(CCCC2)Oc2ccccc21. The van der Waals surface area contributed by atoms with Gasteiger partial charge in [-0.2, -0.15) is 0 Å². The van der Waals surface area contributed by atoms with E-state index in [2.05, 4.69) is 15.3 Å². The molecule has 7 heteroatoms. The Morgan fingerprint density at radius 2 is 1.94 bits per heavy atom. The molecular formula is C24H25N3O4. The molecule has 0 unspecified atom stereocenters. The van der Waals surface area contributed by atoms with Crippen molar-refractivity contribution < 1.29 is 14.3 Å². The van der Waals surface area contributed by atoms with Crippen molar-refractivity contribution in [2.24, 2.45) is 0 Å². The van der Waals surface area contributed by atoms with Gasteiger partial charge in [-0.3, -0.25) is 9.59 Å². The van der Waals surface area contributed by atoms with Gasteiger partial charge in [0.2, 0.25) is 5.91 Å². The Hall–Kier alpha value is -3.19. The zero-order chi connectivity index (χ0) is 21.3. The summed E-state index contributed by atoms with van der Waals surface area (Å²) < 4.78 is 11.9. The minimum Gasteiger partial charge on any atom is -0.487 e. The van der Waals surface area contributed by atoms with Crippen LogP contribution in [0.25, 0.3) is 10.9 Å². The third-order valence-corrected chi connectivity index (χ3v) is 6.18. The number of nitrogens with one attached hydrogen (secondary N) is 2. The first-order valence-corrected chi connectivity index (χ1v) is 10.7. The van der Waals surface area contributed by atoms with Crippen molar-refractivity contribution in [3.05, 3.63) is 70.3 Å². The predicted octanol–water partition coefficient (Wildman–Crippen LogP) is 3.39. The first-order valence-electron chi connectivity index (χ1n) is 10.7. The number of hydrogen-bond acceptors (Lipinski definition) is 5. The Morgan fingerprint density at radius 3 is 2.81 bits per heavy atom. The summed E-state index contributed by atoms with van der Waals surface area (Å²) >= 11 is 0. The number of rotatable bonds is 5. The second-order valence-electron chi connectivity index (χ2n) is 8.38. The van der Waals surface area contributed by atoms with Crippen LogP contribution in [-0.2, 0) is 16.1 Å². The molecule has 0 bridgehead atoms. The molecular weight excluding hydrogens is 394 g/mol. The Bertz CT molecular complexity index is 1170. The number of carbonyl (C=O) groups excluding carboxylic acids is 1. The second-order valence-corrected chi connectivity index (χ2v) is 8.38. The Balaban J connectivity index is 1.23. The molecule has 1 spiro atoms. The van der Waals surface area contributed by atoms with Gasteiger partial charge in [0.1, 0.15) is 30.4 Å². The standard InChI is InChI=1S/C24H25N3O4/c28-22(15-30-14-21-25-18-9-3-1-8-17(18)23(29)27-21)26-19-13-24(11-5-6-12-24)31-20-10-4-2-7-16(19)20/h1-4,7-10,19H,5-6,11-15H2,(H,26,28)(H,25,27,29)/t19-/m1/s1. The number of fused-ring (bicyclic) bond motifs is 2. The van der Waals surface area contributed by atoms with Crippen molar-refractivity contribution in [1.82, 2.24) is 15.3 Å². The zero-order valence-electron chi connectivity index (χ0n) is 17.2. The molecule has 1 fully saturated rings. The van der Waals surface area contributed by atoms with Gasteiger partial charge in [-0.05, 0) is 43.9 Å². The van der Waals surface area contributed by atoms with Gasteiger partial charge in [0.05, 0.1) is 16.9 Å². The lowest BCUT2D eigenvalue weighted by Crippen LogP contribution is -2.44. The van der Waals surface area contributed by atoms with E-state index in [1.54, 1.807) is 18.2 Å². The summed E-state index contributed by atoms with van der Waals surface area (Å²) in [5.74, 6) is 1.07. The Morgan fingerprint density at radius 1 is 1.16 bits per heavy atom. The van der Waals surface area contributed by atoms with Crippen molar-refractivity contribution in [2.75, 3.05) is 6.61 Å². The van der Waals surface area contributed by atoms with Crippen LogP contribution in [0.1, 0.15) is 49.5 Å². The zero-order valence-corrected chi connectivity index (χ0v) is 17.2. The van der Waals surface area contributed by atoms with Gasteiger partial charge in [-0.25, -0.2) is 4.98 Å². The number of carbonyl (C=O) groups is 1. The molecule has 31 heavy (non-hydrogen) atoms. The van der Waals surface area contributed by atoms with Crippen molar-refractivity contribution in [3.63, 3.8) is 0 Å². The summed E-state index contributed by atoms with van der Waals surface area (Å²) in [5, 5.41) is 3.65. The minimum absolute atomic E-state index is 0.0573. The lowest BCUT2D eigenvalue weighted by atomic mass is 9.86. The van der Waals surface area contributed by atoms with Crippen molar-refractivity contribution in [3.8, 4) is 5.75 Å². The van der Waals surface area contributed by atoms with Gasteiger partial charge in [0, 0.05) is 12.0 Å². The summed E-state index contributed by atoms with van der Waals surface area (Å²) in [4.78, 5) is 31.9. The van der Waals surface area contributed by atoms with Crippen LogP contribution in [0.15, 0.2) is 53.3 Å². The fourth-order valence-electron chi connectivity index (χ4n) is 4.75. The molecule has 1 amide bonds. The number of amides is 1. The Kier molecular flexibility index (Phi) is 5.19. The van der Waals surface area contributed by atoms with Gasteiger partial charge in [-0.1, -0.05) is 30.3 Å². The topological polar surface area (TPSA) is 93.3 Å². The molecule has 3 aromatic rings. The average molecular weight is 419 g/mol. The van der Waals surface area contributed by atoms with E-state index in [4.69, 9.17) is 9.47 Å². The number of para-hydroxylation sites is 2. The molecule has 1 aliphatic heterocycles. The van der Waals surface area contributed by atoms with Crippen molar-refractivity contribution in [1.29, 1.82) is 0 Å². The second kappa shape index (κ2) is 8.15. The lowest BCUT2D eigenvalue weighted by Gasteiger charge is -2.40. The third-order valence-electron chi connectivity index (χ3n) is 6.18. The highest BCUT2D eigenvalue weighted by atomic mass is 16.5. The van der Waals surface area contributed by atoms with E-state index < -0.39 is 0 Å². The molecule has 2 heterocycles. The quantitative estimate of drug-likeness (QED) is 0.661. The van der Waals surface area contributed by atoms with E-state index in [1.165, 1.54) is 0 Å². The maximum absolute atomic E-state index is 12.6. The van der Waals surface area contributed by atoms with Gasteiger partial charge < -0.3 is 19.8 Å². The van der Waals surface area contributed by atoms with E-state index in [0.717, 1.165) is 43.4 Å². The average Bonchev–Trinajstić information content (AvgIpc) is 3.21. The van der Waals surface area contributed by atoms with Crippen LogP contribution in [0.3, 0.4) is 0 Å². The van der Waals surface area contributed by atoms with E-state index >= 15 is 0 Å². The highest BCUT2D eigenvalue weighted by molar-refractivity contribution is 5.78. The largest absolute Gasteiger partial charge is 0.487 e. The van der Waals surface area contributed by atoms with Gasteiger partial charge in [0.25, 0.3) is 5.56 Å². The molecule has 1 aromatic heterocycles. The molecule has 1 atom stereocenters. The highest BCUT2D eigenvalue weighted by Gasteiger charge is 2.43. The van der Waals surface area contributed by atoms with Gasteiger partial charge >= 0.3 is 0 Å². The third kappa shape index (κ3) is 4.05. The van der Waals surface area contributed by atoms with E-state index in [1.807, 2.05) is 30.3 Å². The maximum atomic E-state index is 12.6. The molecule has 160 valence electrons. The lowest BCUT2D eigenvalue weighted by molar-refractivity contribution is -0.127. The van der Waals surface area contributed by atoms with Crippen LogP contribution < -0.4 is 15.6 Å². The summed E-state index contributed by atoms with van der Waals surface area (Å²) in [5.41, 5.74) is 1.22. The smallest absolute Gasteiger partial charge is 0.258 e. The molecule has 1 saturated carbocycles. The molecule has 0 radical (unpaired) electrons. The molecule has 2 aromatic carbocycles. The van der Waals surface area contributed by atoms with Crippen LogP contribution >= 0.6 is 0 Å². The number of ether oxygens (including phenoxy) is 2. The minimum atomic E-state index is -0.214. The monoisotopic (exact) mass is 419 g/mol. The number of H-pyrrole nitrogens is 1. The Labute approximate surface area is 179 Å². The number of hydrogen-bond donors (Lipinski definition) is 2. The van der Waals surface area contributed by atoms with E-state index in [9.17, 15) is 9.59 Å². The van der Waals surface area contributed by atoms with Gasteiger partial charge in [0.15, 0.2) is 0 Å². The van der Waals surface area contributed by atoms with E-state index in [-0.39, 0.29) is 36.3 Å². The summed E-state index contributed by atoms with van der Waals surface area (Å²) in [6, 6.07) is 14.9. The van der Waals surface area contributed by atoms with Crippen molar-refractivity contribution >= 4 is 16.8 Å². The molecule has 0 saturated heterocycles. The fourth-order valence-corrected chi connectivity index (χ4v) is 4.75. The van der Waals surface area contributed by atoms with Crippen LogP contribution in [0.2, 0.25) is 0 Å². The van der Waals surface area contributed by atoms with E-state index in [0.29, 0.717) is 16.7 Å². The number of aromatic amines is 1. The molecule has 1 aliphatic carbocycles. The van der Waals surface area contributed by atoms with Crippen LogP contribution in [0.5, 0.6) is 5.75 Å². The first kappa shape index (κ1) is 19.8. The number of aromatic nitrogens is 2. The van der Waals surface area contributed by atoms with Crippen LogP contribution in [0, 0.1) is 0 Å². The van der Waals surface area contributed by atoms with Gasteiger partial charge in [-0.15, -0.1) is 0 Å².